The number of benzene rings is 1. The fraction of sp³-hybridized carbons (Fsp3) is 0.611. The Morgan fingerprint density at radius 1 is 1.21 bits per heavy atom. The molecular formula is C18H29FIN3S. The van der Waals surface area contributed by atoms with Gasteiger partial charge in [0.15, 0.2) is 5.96 Å². The molecule has 0 saturated heterocycles. The number of guanidine groups is 1. The molecule has 0 radical (unpaired) electrons. The highest BCUT2D eigenvalue weighted by Gasteiger charge is 2.44. The van der Waals surface area contributed by atoms with Crippen LogP contribution in [0.1, 0.15) is 38.2 Å². The van der Waals surface area contributed by atoms with Crippen LogP contribution < -0.4 is 10.6 Å². The summed E-state index contributed by atoms with van der Waals surface area (Å²) >= 11 is 1.89. The van der Waals surface area contributed by atoms with Crippen molar-refractivity contribution in [2.24, 2.45) is 4.99 Å². The summed E-state index contributed by atoms with van der Waals surface area (Å²) in [5, 5.41) is 6.72. The summed E-state index contributed by atoms with van der Waals surface area (Å²) in [7, 11) is 0. The summed E-state index contributed by atoms with van der Waals surface area (Å²) in [5.41, 5.74) is 1.33. The topological polar surface area (TPSA) is 36.4 Å². The molecule has 6 heteroatoms. The first-order valence-electron chi connectivity index (χ1n) is 8.47. The molecule has 1 aliphatic carbocycles. The molecule has 0 atom stereocenters. The molecule has 0 aromatic heterocycles. The second kappa shape index (κ2) is 11.2. The molecule has 0 amide bonds. The number of hydrogen-bond acceptors (Lipinski definition) is 2. The predicted molar refractivity (Wildman–Crippen MR) is 114 cm³/mol. The summed E-state index contributed by atoms with van der Waals surface area (Å²) in [6.45, 7) is 4.66. The van der Waals surface area contributed by atoms with Gasteiger partial charge in [0, 0.05) is 18.5 Å². The standard InChI is InChI=1S/C18H28FN3S.HI/c1-3-20-17(21-12-4-5-13-23-2)22-14-18(10-11-18)15-6-8-16(19)9-7-15;/h6-9H,3-5,10-14H2,1-2H3,(H2,20,21,22);1H. The zero-order valence-corrected chi connectivity index (χ0v) is 17.8. The molecule has 0 aliphatic heterocycles. The first-order chi connectivity index (χ1) is 11.2. The third-order valence-electron chi connectivity index (χ3n) is 4.26. The van der Waals surface area contributed by atoms with Crippen molar-refractivity contribution in [3.05, 3.63) is 35.6 Å². The number of halogens is 2. The summed E-state index contributed by atoms with van der Waals surface area (Å²) in [6.07, 6.45) is 6.80. The number of nitrogens with zero attached hydrogens (tertiary/aromatic N) is 1. The Bertz CT molecular complexity index is 503. The first-order valence-corrected chi connectivity index (χ1v) is 9.87. The van der Waals surface area contributed by atoms with E-state index in [1.165, 1.54) is 17.7 Å². The summed E-state index contributed by atoms with van der Waals surface area (Å²) in [5.74, 6) is 1.93. The highest BCUT2D eigenvalue weighted by molar-refractivity contribution is 14.0. The maximum Gasteiger partial charge on any atom is 0.191 e. The minimum atomic E-state index is -0.173. The quantitative estimate of drug-likeness (QED) is 0.249. The molecular weight excluding hydrogens is 436 g/mol. The van der Waals surface area contributed by atoms with Crippen LogP contribution in [0.15, 0.2) is 29.3 Å². The van der Waals surface area contributed by atoms with E-state index in [-0.39, 0.29) is 35.2 Å². The average Bonchev–Trinajstić information content (AvgIpc) is 3.34. The van der Waals surface area contributed by atoms with Crippen LogP contribution in [0, 0.1) is 5.82 Å². The highest BCUT2D eigenvalue weighted by Crippen LogP contribution is 2.48. The number of thioether (sulfide) groups is 1. The van der Waals surface area contributed by atoms with E-state index in [1.54, 1.807) is 12.1 Å². The molecule has 0 heterocycles. The first kappa shape index (κ1) is 21.5. The monoisotopic (exact) mass is 465 g/mol. The highest BCUT2D eigenvalue weighted by atomic mass is 127. The molecule has 1 fully saturated rings. The lowest BCUT2D eigenvalue weighted by Gasteiger charge is -2.16. The second-order valence-corrected chi connectivity index (χ2v) is 7.09. The van der Waals surface area contributed by atoms with Crippen molar-refractivity contribution in [3.63, 3.8) is 0 Å². The van der Waals surface area contributed by atoms with Crippen molar-refractivity contribution >= 4 is 41.7 Å². The minimum absolute atomic E-state index is 0. The van der Waals surface area contributed by atoms with Crippen molar-refractivity contribution in [3.8, 4) is 0 Å². The molecule has 1 aliphatic rings. The largest absolute Gasteiger partial charge is 0.357 e. The van der Waals surface area contributed by atoms with Gasteiger partial charge in [0.2, 0.25) is 0 Å². The Labute approximate surface area is 166 Å². The average molecular weight is 465 g/mol. The molecule has 0 bridgehead atoms. The maximum atomic E-state index is 13.1. The van der Waals surface area contributed by atoms with Crippen molar-refractivity contribution in [2.45, 2.75) is 38.0 Å². The van der Waals surface area contributed by atoms with Crippen LogP contribution in [0.4, 0.5) is 4.39 Å². The number of aliphatic imine (C=N–C) groups is 1. The van der Waals surface area contributed by atoms with Gasteiger partial charge in [-0.3, -0.25) is 4.99 Å². The number of hydrogen-bond donors (Lipinski definition) is 2. The van der Waals surface area contributed by atoms with E-state index in [4.69, 9.17) is 4.99 Å². The Hall–Kier alpha value is -0.500. The van der Waals surface area contributed by atoms with Gasteiger partial charge in [-0.25, -0.2) is 4.39 Å². The van der Waals surface area contributed by atoms with E-state index in [2.05, 4.69) is 23.8 Å². The van der Waals surface area contributed by atoms with Crippen molar-refractivity contribution < 1.29 is 4.39 Å². The van der Waals surface area contributed by atoms with Gasteiger partial charge in [0.25, 0.3) is 0 Å². The van der Waals surface area contributed by atoms with Crippen LogP contribution in [-0.4, -0.2) is 37.6 Å². The molecule has 0 unspecified atom stereocenters. The lowest BCUT2D eigenvalue weighted by Crippen LogP contribution is -2.38. The van der Waals surface area contributed by atoms with E-state index in [9.17, 15) is 4.39 Å². The van der Waals surface area contributed by atoms with Gasteiger partial charge in [-0.15, -0.1) is 24.0 Å². The molecule has 2 rings (SSSR count). The Balaban J connectivity index is 0.00000288. The second-order valence-electron chi connectivity index (χ2n) is 6.11. The van der Waals surface area contributed by atoms with Crippen LogP contribution in [0.2, 0.25) is 0 Å². The number of rotatable bonds is 9. The molecule has 136 valence electrons. The summed E-state index contributed by atoms with van der Waals surface area (Å²) < 4.78 is 13.1. The Morgan fingerprint density at radius 2 is 1.92 bits per heavy atom. The van der Waals surface area contributed by atoms with Crippen molar-refractivity contribution in [1.82, 2.24) is 10.6 Å². The SMILES string of the molecule is CCNC(=NCC1(c2ccc(F)cc2)CC1)NCCCCSC.I. The lowest BCUT2D eigenvalue weighted by molar-refractivity contribution is 0.623. The smallest absolute Gasteiger partial charge is 0.191 e. The molecule has 3 nitrogen and oxygen atoms in total. The van der Waals surface area contributed by atoms with E-state index in [0.717, 1.165) is 44.9 Å². The normalized spacial score (nSPS) is 15.5. The number of nitrogens with one attached hydrogen (secondary N) is 2. The van der Waals surface area contributed by atoms with E-state index < -0.39 is 0 Å². The van der Waals surface area contributed by atoms with Gasteiger partial charge in [-0.2, -0.15) is 11.8 Å². The van der Waals surface area contributed by atoms with Gasteiger partial charge in [-0.05, 0) is 62.3 Å². The summed E-state index contributed by atoms with van der Waals surface area (Å²) in [6, 6.07) is 6.91. The van der Waals surface area contributed by atoms with Crippen LogP contribution in [-0.2, 0) is 5.41 Å². The van der Waals surface area contributed by atoms with Crippen molar-refractivity contribution in [1.29, 1.82) is 0 Å². The molecule has 0 spiro atoms. The minimum Gasteiger partial charge on any atom is -0.357 e. The van der Waals surface area contributed by atoms with Crippen LogP contribution in [0.5, 0.6) is 0 Å². The van der Waals surface area contributed by atoms with Gasteiger partial charge in [0.05, 0.1) is 6.54 Å². The number of unbranched alkanes of at least 4 members (excludes halogenated alkanes) is 1. The van der Waals surface area contributed by atoms with Crippen molar-refractivity contribution in [2.75, 3.05) is 31.6 Å². The zero-order chi connectivity index (χ0) is 16.5. The molecule has 2 N–H and O–H groups in total. The molecule has 1 saturated carbocycles. The molecule has 1 aromatic carbocycles. The van der Waals surface area contributed by atoms with Crippen LogP contribution >= 0.6 is 35.7 Å². The zero-order valence-electron chi connectivity index (χ0n) is 14.6. The fourth-order valence-electron chi connectivity index (χ4n) is 2.64. The Morgan fingerprint density at radius 3 is 2.50 bits per heavy atom. The third kappa shape index (κ3) is 6.78. The van der Waals surface area contributed by atoms with Crippen LogP contribution in [0.25, 0.3) is 0 Å². The molecule has 1 aromatic rings. The van der Waals surface area contributed by atoms with Gasteiger partial charge in [-0.1, -0.05) is 12.1 Å². The fourth-order valence-corrected chi connectivity index (χ4v) is 3.14. The lowest BCUT2D eigenvalue weighted by atomic mass is 9.96. The molecule has 24 heavy (non-hydrogen) atoms. The third-order valence-corrected chi connectivity index (χ3v) is 4.96. The predicted octanol–water partition coefficient (Wildman–Crippen LogP) is 4.17. The van der Waals surface area contributed by atoms with E-state index >= 15 is 0 Å². The Kier molecular flexibility index (Phi) is 10.0. The van der Waals surface area contributed by atoms with E-state index in [0.29, 0.717) is 0 Å². The summed E-state index contributed by atoms with van der Waals surface area (Å²) in [4.78, 5) is 4.76. The van der Waals surface area contributed by atoms with Gasteiger partial charge >= 0.3 is 0 Å². The maximum absolute atomic E-state index is 13.1. The van der Waals surface area contributed by atoms with Gasteiger partial charge < -0.3 is 10.6 Å². The van der Waals surface area contributed by atoms with Gasteiger partial charge in [0.1, 0.15) is 5.82 Å². The van der Waals surface area contributed by atoms with Crippen LogP contribution in [0.3, 0.4) is 0 Å². The van der Waals surface area contributed by atoms with E-state index in [1.807, 2.05) is 23.9 Å².